The predicted octanol–water partition coefficient (Wildman–Crippen LogP) is 5.41. The molecule has 36 heavy (non-hydrogen) atoms. The number of amides is 2. The van der Waals surface area contributed by atoms with Crippen molar-refractivity contribution in [3.63, 3.8) is 0 Å². The molecule has 0 aromatic heterocycles. The number of hydrogen-bond donors (Lipinski definition) is 2. The fourth-order valence-electron chi connectivity index (χ4n) is 2.78. The zero-order valence-corrected chi connectivity index (χ0v) is 21.5. The van der Waals surface area contributed by atoms with Crippen LogP contribution in [0.3, 0.4) is 0 Å². The molecule has 0 saturated carbocycles. The number of halogens is 4. The second kappa shape index (κ2) is 12.6. The van der Waals surface area contributed by atoms with Gasteiger partial charge in [-0.25, -0.2) is 10.2 Å². The highest BCUT2D eigenvalue weighted by Crippen LogP contribution is 2.30. The molecule has 0 radical (unpaired) electrons. The number of ether oxygens (including phenoxy) is 2. The van der Waals surface area contributed by atoms with Crippen LogP contribution < -0.4 is 20.2 Å². The minimum absolute atomic E-state index is 0.141. The number of methoxy groups -OCH3 is 1. The molecule has 8 nitrogen and oxygen atoms in total. The van der Waals surface area contributed by atoms with Crippen LogP contribution in [0, 0.1) is 0 Å². The summed E-state index contributed by atoms with van der Waals surface area (Å²) in [6, 6.07) is 13.4. The van der Waals surface area contributed by atoms with Crippen molar-refractivity contribution in [2.45, 2.75) is 0 Å². The monoisotopic (exact) mass is 567 g/mol. The molecule has 3 aromatic rings. The maximum absolute atomic E-state index is 12.5. The van der Waals surface area contributed by atoms with E-state index in [-0.39, 0.29) is 39.2 Å². The van der Waals surface area contributed by atoms with Crippen LogP contribution in [0.25, 0.3) is 0 Å². The Morgan fingerprint density at radius 2 is 1.67 bits per heavy atom. The fraction of sp³-hybridized carbons (Fsp3) is 0.0833. The topological polar surface area (TPSA) is 106 Å². The summed E-state index contributed by atoms with van der Waals surface area (Å²) in [7, 11) is 1.40. The Kier molecular flexibility index (Phi) is 9.55. The summed E-state index contributed by atoms with van der Waals surface area (Å²) in [5.74, 6) is -1.34. The van der Waals surface area contributed by atoms with Crippen LogP contribution in [0.4, 0.5) is 0 Å². The molecule has 0 aliphatic heterocycles. The molecule has 2 amide bonds. The zero-order chi connectivity index (χ0) is 26.2. The van der Waals surface area contributed by atoms with Crippen molar-refractivity contribution in [1.82, 2.24) is 10.7 Å². The Bertz CT molecular complexity index is 1350. The molecule has 3 rings (SSSR count). The lowest BCUT2D eigenvalue weighted by atomic mass is 10.2. The number of carbonyl (C=O) groups is 3. The summed E-state index contributed by atoms with van der Waals surface area (Å²) >= 11 is 23.6. The van der Waals surface area contributed by atoms with E-state index in [0.29, 0.717) is 15.6 Å². The molecule has 0 heterocycles. The highest BCUT2D eigenvalue weighted by Gasteiger charge is 2.16. The van der Waals surface area contributed by atoms with Gasteiger partial charge in [-0.2, -0.15) is 5.10 Å². The summed E-state index contributed by atoms with van der Waals surface area (Å²) in [5.41, 5.74) is 3.23. The van der Waals surface area contributed by atoms with Gasteiger partial charge >= 0.3 is 5.97 Å². The van der Waals surface area contributed by atoms with Crippen molar-refractivity contribution in [2.75, 3.05) is 13.7 Å². The maximum Gasteiger partial charge on any atom is 0.345 e. The third kappa shape index (κ3) is 7.35. The van der Waals surface area contributed by atoms with Crippen LogP contribution >= 0.6 is 46.4 Å². The Balaban J connectivity index is 1.56. The number of hydrazone groups is 1. The summed E-state index contributed by atoms with van der Waals surface area (Å²) in [4.78, 5) is 36.6. The van der Waals surface area contributed by atoms with Crippen molar-refractivity contribution >= 4 is 70.4 Å². The molecule has 12 heteroatoms. The molecule has 0 saturated heterocycles. The van der Waals surface area contributed by atoms with Gasteiger partial charge < -0.3 is 14.8 Å². The van der Waals surface area contributed by atoms with Crippen LogP contribution in [0.5, 0.6) is 11.5 Å². The van der Waals surface area contributed by atoms with E-state index in [1.54, 1.807) is 12.1 Å². The number of carbonyl (C=O) groups excluding carboxylic acids is 3. The highest BCUT2D eigenvalue weighted by molar-refractivity contribution is 6.42. The van der Waals surface area contributed by atoms with Gasteiger partial charge in [0.1, 0.15) is 0 Å². The quantitative estimate of drug-likeness (QED) is 0.164. The van der Waals surface area contributed by atoms with Gasteiger partial charge in [0.15, 0.2) is 11.5 Å². The van der Waals surface area contributed by atoms with Gasteiger partial charge in [0, 0.05) is 10.6 Å². The van der Waals surface area contributed by atoms with Gasteiger partial charge in [0.2, 0.25) is 0 Å². The lowest BCUT2D eigenvalue weighted by molar-refractivity contribution is -0.120. The second-order valence-corrected chi connectivity index (χ2v) is 8.69. The number of benzene rings is 3. The van der Waals surface area contributed by atoms with Crippen molar-refractivity contribution in [2.24, 2.45) is 5.10 Å². The van der Waals surface area contributed by atoms with Crippen molar-refractivity contribution in [1.29, 1.82) is 0 Å². The molecule has 0 unspecified atom stereocenters. The van der Waals surface area contributed by atoms with E-state index < -0.39 is 17.8 Å². The maximum atomic E-state index is 12.5. The molecular formula is C24H17Cl4N3O5. The summed E-state index contributed by atoms with van der Waals surface area (Å²) in [5, 5.41) is 7.37. The molecule has 186 valence electrons. The van der Waals surface area contributed by atoms with Gasteiger partial charge in [-0.1, -0.05) is 46.4 Å². The third-order valence-corrected chi connectivity index (χ3v) is 5.82. The first-order chi connectivity index (χ1) is 17.2. The van der Waals surface area contributed by atoms with Gasteiger partial charge in [-0.3, -0.25) is 9.59 Å². The standard InChI is InChI=1S/C24H17Cl4N3O5/c1-35-21-8-13(2-7-20(21)36-24(34)16-5-4-15(25)10-18(16)27)11-30-31-22(32)12-29-23(33)14-3-6-17(26)19(28)9-14/h2-11H,12H2,1H3,(H,29,33)(H,31,32)/b30-11+. The number of rotatable bonds is 8. The molecule has 0 spiro atoms. The highest BCUT2D eigenvalue weighted by atomic mass is 35.5. The molecule has 0 fully saturated rings. The van der Waals surface area contributed by atoms with E-state index in [4.69, 9.17) is 55.9 Å². The molecular weight excluding hydrogens is 552 g/mol. The predicted molar refractivity (Wildman–Crippen MR) is 139 cm³/mol. The van der Waals surface area contributed by atoms with E-state index in [1.807, 2.05) is 0 Å². The lowest BCUT2D eigenvalue weighted by Gasteiger charge is -2.10. The van der Waals surface area contributed by atoms with Gasteiger partial charge in [-0.15, -0.1) is 0 Å². The smallest absolute Gasteiger partial charge is 0.345 e. The number of hydrogen-bond acceptors (Lipinski definition) is 6. The first-order valence-corrected chi connectivity index (χ1v) is 11.6. The molecule has 2 N–H and O–H groups in total. The van der Waals surface area contributed by atoms with E-state index in [0.717, 1.165) is 0 Å². The van der Waals surface area contributed by atoms with Crippen LogP contribution in [-0.4, -0.2) is 37.7 Å². The van der Waals surface area contributed by atoms with Gasteiger partial charge in [0.25, 0.3) is 11.8 Å². The normalized spacial score (nSPS) is 10.7. The van der Waals surface area contributed by atoms with E-state index in [1.165, 1.54) is 55.8 Å². The first kappa shape index (κ1) is 27.3. The average Bonchev–Trinajstić information content (AvgIpc) is 2.84. The van der Waals surface area contributed by atoms with Crippen LogP contribution in [0.1, 0.15) is 26.3 Å². The fourth-order valence-corrected chi connectivity index (χ4v) is 3.56. The molecule has 3 aromatic carbocycles. The molecule has 0 bridgehead atoms. The Morgan fingerprint density at radius 3 is 2.36 bits per heavy atom. The first-order valence-electron chi connectivity index (χ1n) is 10.1. The Hall–Kier alpha value is -3.30. The molecule has 0 aliphatic carbocycles. The zero-order valence-electron chi connectivity index (χ0n) is 18.5. The third-order valence-electron chi connectivity index (χ3n) is 4.54. The minimum Gasteiger partial charge on any atom is -0.493 e. The SMILES string of the molecule is COc1cc(/C=N/NC(=O)CNC(=O)c2ccc(Cl)c(Cl)c2)ccc1OC(=O)c1ccc(Cl)cc1Cl. The van der Waals surface area contributed by atoms with E-state index >= 15 is 0 Å². The van der Waals surface area contributed by atoms with Crippen LogP contribution in [0.15, 0.2) is 59.7 Å². The second-order valence-electron chi connectivity index (χ2n) is 7.03. The van der Waals surface area contributed by atoms with Crippen molar-refractivity contribution < 1.29 is 23.9 Å². The van der Waals surface area contributed by atoms with Crippen molar-refractivity contribution in [3.8, 4) is 11.5 Å². The summed E-state index contributed by atoms with van der Waals surface area (Å²) in [6.45, 7) is -0.318. The largest absolute Gasteiger partial charge is 0.493 e. The van der Waals surface area contributed by atoms with Crippen LogP contribution in [-0.2, 0) is 4.79 Å². The number of esters is 1. The average molecular weight is 569 g/mol. The van der Waals surface area contributed by atoms with E-state index in [9.17, 15) is 14.4 Å². The van der Waals surface area contributed by atoms with E-state index in [2.05, 4.69) is 15.8 Å². The number of nitrogens with zero attached hydrogens (tertiary/aromatic N) is 1. The number of nitrogens with one attached hydrogen (secondary N) is 2. The minimum atomic E-state index is -0.688. The van der Waals surface area contributed by atoms with Gasteiger partial charge in [-0.05, 0) is 60.2 Å². The lowest BCUT2D eigenvalue weighted by Crippen LogP contribution is -2.34. The Morgan fingerprint density at radius 1 is 0.889 bits per heavy atom. The molecule has 0 aliphatic rings. The van der Waals surface area contributed by atoms with Crippen LogP contribution in [0.2, 0.25) is 20.1 Å². The van der Waals surface area contributed by atoms with Gasteiger partial charge in [0.05, 0.1) is 40.5 Å². The molecule has 0 atom stereocenters. The summed E-state index contributed by atoms with van der Waals surface area (Å²) in [6.07, 6.45) is 1.35. The summed E-state index contributed by atoms with van der Waals surface area (Å²) < 4.78 is 10.7. The van der Waals surface area contributed by atoms with Crippen molar-refractivity contribution in [3.05, 3.63) is 91.4 Å². The Labute approximate surface area is 226 Å².